The van der Waals surface area contributed by atoms with Gasteiger partial charge in [0.15, 0.2) is 0 Å². The van der Waals surface area contributed by atoms with Crippen molar-refractivity contribution in [2.75, 3.05) is 19.8 Å². The number of carboxylic acids is 1. The van der Waals surface area contributed by atoms with Crippen molar-refractivity contribution < 1.29 is 24.2 Å². The zero-order valence-electron chi connectivity index (χ0n) is 15.9. The van der Waals surface area contributed by atoms with E-state index in [1.807, 2.05) is 31.2 Å². The number of amides is 2. The Morgan fingerprint density at radius 3 is 2.37 bits per heavy atom. The van der Waals surface area contributed by atoms with Gasteiger partial charge in [0.1, 0.15) is 0 Å². The molecule has 1 aliphatic heterocycles. The van der Waals surface area contributed by atoms with E-state index in [0.717, 1.165) is 11.1 Å². The lowest BCUT2D eigenvalue weighted by molar-refractivity contribution is -0.145. The molecule has 1 aliphatic rings. The minimum absolute atomic E-state index is 0.000194. The standard InChI is InChI=1S/C20H28N2O5/c1-13-3-5-16(6-4-13)18(22-14(2)23)11-19(24)21-12-17(20(25)26)15-7-9-27-10-8-15/h3-6,15,17-18H,7-12H2,1-2H3,(H,21,24)(H,22,23)(H,25,26). The second-order valence-corrected chi connectivity index (χ2v) is 7.07. The maximum atomic E-state index is 12.4. The van der Waals surface area contributed by atoms with Crippen LogP contribution in [0.1, 0.15) is 43.4 Å². The van der Waals surface area contributed by atoms with E-state index >= 15 is 0 Å². The summed E-state index contributed by atoms with van der Waals surface area (Å²) in [6.45, 7) is 4.57. The first-order valence-electron chi connectivity index (χ1n) is 9.27. The second-order valence-electron chi connectivity index (χ2n) is 7.07. The first-order valence-corrected chi connectivity index (χ1v) is 9.27. The third-order valence-electron chi connectivity index (χ3n) is 4.92. The van der Waals surface area contributed by atoms with Crippen molar-refractivity contribution in [2.24, 2.45) is 11.8 Å². The van der Waals surface area contributed by atoms with Crippen LogP contribution in [0.5, 0.6) is 0 Å². The first kappa shape index (κ1) is 20.9. The number of aliphatic carboxylic acids is 1. The predicted molar refractivity (Wildman–Crippen MR) is 100 cm³/mol. The zero-order chi connectivity index (χ0) is 19.8. The highest BCUT2D eigenvalue weighted by molar-refractivity contribution is 5.80. The largest absolute Gasteiger partial charge is 0.481 e. The Morgan fingerprint density at radius 1 is 1.19 bits per heavy atom. The fourth-order valence-corrected chi connectivity index (χ4v) is 3.35. The van der Waals surface area contributed by atoms with Gasteiger partial charge < -0.3 is 20.5 Å². The van der Waals surface area contributed by atoms with Crippen molar-refractivity contribution in [3.05, 3.63) is 35.4 Å². The van der Waals surface area contributed by atoms with Gasteiger partial charge in [0.25, 0.3) is 0 Å². The molecule has 0 aliphatic carbocycles. The molecule has 2 atom stereocenters. The summed E-state index contributed by atoms with van der Waals surface area (Å²) in [6, 6.07) is 7.16. The molecule has 0 radical (unpaired) electrons. The number of carbonyl (C=O) groups excluding carboxylic acids is 2. The van der Waals surface area contributed by atoms with E-state index in [0.29, 0.717) is 26.1 Å². The molecule has 1 aromatic carbocycles. The van der Waals surface area contributed by atoms with Crippen molar-refractivity contribution in [1.82, 2.24) is 10.6 Å². The van der Waals surface area contributed by atoms with Crippen LogP contribution < -0.4 is 10.6 Å². The monoisotopic (exact) mass is 376 g/mol. The molecule has 3 N–H and O–H groups in total. The van der Waals surface area contributed by atoms with Gasteiger partial charge in [0, 0.05) is 26.7 Å². The number of nitrogens with one attached hydrogen (secondary N) is 2. The maximum absolute atomic E-state index is 12.4. The molecular formula is C20H28N2O5. The van der Waals surface area contributed by atoms with Crippen LogP contribution in [0.15, 0.2) is 24.3 Å². The van der Waals surface area contributed by atoms with E-state index in [-0.39, 0.29) is 30.7 Å². The summed E-state index contributed by atoms with van der Waals surface area (Å²) in [4.78, 5) is 35.5. The number of benzene rings is 1. The Kier molecular flexibility index (Phi) is 7.79. The molecule has 1 aromatic rings. The average Bonchev–Trinajstić information content (AvgIpc) is 2.62. The van der Waals surface area contributed by atoms with Crippen LogP contribution in [0, 0.1) is 18.8 Å². The number of hydrogen-bond acceptors (Lipinski definition) is 4. The maximum Gasteiger partial charge on any atom is 0.308 e. The molecule has 2 unspecified atom stereocenters. The van der Waals surface area contributed by atoms with Gasteiger partial charge >= 0.3 is 5.97 Å². The van der Waals surface area contributed by atoms with E-state index in [4.69, 9.17) is 4.74 Å². The molecule has 1 heterocycles. The summed E-state index contributed by atoms with van der Waals surface area (Å²) in [7, 11) is 0. The molecule has 148 valence electrons. The lowest BCUT2D eigenvalue weighted by Crippen LogP contribution is -2.40. The van der Waals surface area contributed by atoms with Crippen molar-refractivity contribution in [3.8, 4) is 0 Å². The number of hydrogen-bond donors (Lipinski definition) is 3. The summed E-state index contributed by atoms with van der Waals surface area (Å²) in [5, 5.41) is 15.0. The normalized spacial score (nSPS) is 17.0. The van der Waals surface area contributed by atoms with E-state index in [2.05, 4.69) is 10.6 Å². The van der Waals surface area contributed by atoms with Gasteiger partial charge in [-0.1, -0.05) is 29.8 Å². The number of carbonyl (C=O) groups is 3. The Morgan fingerprint density at radius 2 is 1.81 bits per heavy atom. The minimum Gasteiger partial charge on any atom is -0.481 e. The summed E-state index contributed by atoms with van der Waals surface area (Å²) in [5.74, 6) is -2.04. The molecule has 0 spiro atoms. The van der Waals surface area contributed by atoms with E-state index in [9.17, 15) is 19.5 Å². The molecule has 7 heteroatoms. The van der Waals surface area contributed by atoms with Gasteiger partial charge in [0.05, 0.1) is 18.4 Å². The van der Waals surface area contributed by atoms with Gasteiger partial charge in [0.2, 0.25) is 11.8 Å². The molecule has 2 amide bonds. The van der Waals surface area contributed by atoms with Gasteiger partial charge in [-0.3, -0.25) is 14.4 Å². The average molecular weight is 376 g/mol. The lowest BCUT2D eigenvalue weighted by Gasteiger charge is -2.28. The number of ether oxygens (including phenoxy) is 1. The molecule has 7 nitrogen and oxygen atoms in total. The summed E-state index contributed by atoms with van der Waals surface area (Å²) >= 11 is 0. The Labute approximate surface area is 159 Å². The summed E-state index contributed by atoms with van der Waals surface area (Å²) in [5.41, 5.74) is 1.93. The van der Waals surface area contributed by atoms with Gasteiger partial charge in [-0.05, 0) is 31.2 Å². The van der Waals surface area contributed by atoms with Crippen LogP contribution in [-0.2, 0) is 19.1 Å². The van der Waals surface area contributed by atoms with Crippen LogP contribution in [0.3, 0.4) is 0 Å². The first-order chi connectivity index (χ1) is 12.9. The molecule has 1 fully saturated rings. The van der Waals surface area contributed by atoms with Crippen LogP contribution in [0.4, 0.5) is 0 Å². The topological polar surface area (TPSA) is 105 Å². The molecular weight excluding hydrogens is 348 g/mol. The minimum atomic E-state index is -0.904. The number of aryl methyl sites for hydroxylation is 1. The third kappa shape index (κ3) is 6.67. The Hall–Kier alpha value is -2.41. The van der Waals surface area contributed by atoms with E-state index in [1.54, 1.807) is 0 Å². The van der Waals surface area contributed by atoms with Crippen molar-refractivity contribution in [3.63, 3.8) is 0 Å². The highest BCUT2D eigenvalue weighted by Crippen LogP contribution is 2.24. The highest BCUT2D eigenvalue weighted by Gasteiger charge is 2.30. The molecule has 0 bridgehead atoms. The van der Waals surface area contributed by atoms with Gasteiger partial charge in [-0.2, -0.15) is 0 Å². The van der Waals surface area contributed by atoms with Crippen molar-refractivity contribution in [1.29, 1.82) is 0 Å². The number of carboxylic acid groups (broad SMARTS) is 1. The Bertz CT molecular complexity index is 653. The predicted octanol–water partition coefficient (Wildman–Crippen LogP) is 1.81. The molecule has 0 saturated carbocycles. The van der Waals surface area contributed by atoms with E-state index < -0.39 is 17.9 Å². The quantitative estimate of drug-likeness (QED) is 0.642. The molecule has 27 heavy (non-hydrogen) atoms. The van der Waals surface area contributed by atoms with Crippen LogP contribution in [0.25, 0.3) is 0 Å². The fourth-order valence-electron chi connectivity index (χ4n) is 3.35. The second kappa shape index (κ2) is 10.1. The molecule has 2 rings (SSSR count). The van der Waals surface area contributed by atoms with E-state index in [1.165, 1.54) is 6.92 Å². The molecule has 1 saturated heterocycles. The van der Waals surface area contributed by atoms with Crippen molar-refractivity contribution in [2.45, 2.75) is 39.2 Å². The summed E-state index contributed by atoms with van der Waals surface area (Å²) < 4.78 is 5.28. The summed E-state index contributed by atoms with van der Waals surface area (Å²) in [6.07, 6.45) is 1.43. The van der Waals surface area contributed by atoms with Crippen molar-refractivity contribution >= 4 is 17.8 Å². The SMILES string of the molecule is CC(=O)NC(CC(=O)NCC(C(=O)O)C1CCOCC1)c1ccc(C)cc1. The van der Waals surface area contributed by atoms with Crippen LogP contribution >= 0.6 is 0 Å². The van der Waals surface area contributed by atoms with Gasteiger partial charge in [-0.15, -0.1) is 0 Å². The lowest BCUT2D eigenvalue weighted by atomic mass is 9.86. The smallest absolute Gasteiger partial charge is 0.308 e. The highest BCUT2D eigenvalue weighted by atomic mass is 16.5. The molecule has 0 aromatic heterocycles. The third-order valence-corrected chi connectivity index (χ3v) is 4.92. The van der Waals surface area contributed by atoms with Gasteiger partial charge in [-0.25, -0.2) is 0 Å². The Balaban J connectivity index is 1.96. The number of rotatable bonds is 8. The fraction of sp³-hybridized carbons (Fsp3) is 0.550. The van der Waals surface area contributed by atoms with Crippen LogP contribution in [0.2, 0.25) is 0 Å². The van der Waals surface area contributed by atoms with Crippen LogP contribution in [-0.4, -0.2) is 42.6 Å². The zero-order valence-corrected chi connectivity index (χ0v) is 15.9.